The quantitative estimate of drug-likeness (QED) is 0.590. The molecule has 148 valence electrons. The van der Waals surface area contributed by atoms with Crippen molar-refractivity contribution >= 4 is 28.7 Å². The molecule has 7 nitrogen and oxygen atoms in total. The number of carbonyl (C=O) groups excluding carboxylic acids is 3. The fourth-order valence-corrected chi connectivity index (χ4v) is 4.71. The molecule has 0 spiro atoms. The number of esters is 2. The highest BCUT2D eigenvalue weighted by Crippen LogP contribution is 2.50. The first-order valence-electron chi connectivity index (χ1n) is 9.84. The molecule has 0 N–H and O–H groups in total. The maximum Gasteiger partial charge on any atom is 0.355 e. The molecule has 29 heavy (non-hydrogen) atoms. The molecule has 0 fully saturated rings. The fraction of sp³-hybridized carbons (Fsp3) is 0.364. The number of nitrogens with zero attached hydrogens (tertiary/aromatic N) is 2. The summed E-state index contributed by atoms with van der Waals surface area (Å²) >= 11 is 0. The number of fused-ring (bicyclic) bond motifs is 4. The largest absolute Gasteiger partial charge is 0.463 e. The number of ether oxygens (including phenoxy) is 2. The highest BCUT2D eigenvalue weighted by Gasteiger charge is 2.59. The number of amides is 1. The van der Waals surface area contributed by atoms with Gasteiger partial charge < -0.3 is 14.4 Å². The predicted octanol–water partition coefficient (Wildman–Crippen LogP) is 2.59. The first-order valence-corrected chi connectivity index (χ1v) is 9.84. The highest BCUT2D eigenvalue weighted by molar-refractivity contribution is 6.21. The van der Waals surface area contributed by atoms with E-state index in [4.69, 9.17) is 14.5 Å². The van der Waals surface area contributed by atoms with Crippen molar-refractivity contribution in [1.82, 2.24) is 9.88 Å². The van der Waals surface area contributed by atoms with Gasteiger partial charge in [0, 0.05) is 23.9 Å². The van der Waals surface area contributed by atoms with Gasteiger partial charge in [-0.1, -0.05) is 25.1 Å². The third-order valence-corrected chi connectivity index (χ3v) is 6.10. The van der Waals surface area contributed by atoms with Gasteiger partial charge in [-0.05, 0) is 31.0 Å². The van der Waals surface area contributed by atoms with Crippen LogP contribution in [0, 0.1) is 0 Å². The van der Waals surface area contributed by atoms with Crippen LogP contribution in [-0.4, -0.2) is 39.9 Å². The summed E-state index contributed by atoms with van der Waals surface area (Å²) in [6.07, 6.45) is 0.548. The maximum atomic E-state index is 13.2. The van der Waals surface area contributed by atoms with Gasteiger partial charge in [-0.15, -0.1) is 0 Å². The van der Waals surface area contributed by atoms with Crippen molar-refractivity contribution in [1.29, 1.82) is 0 Å². The van der Waals surface area contributed by atoms with Gasteiger partial charge in [0.2, 0.25) is 5.60 Å². The highest BCUT2D eigenvalue weighted by atomic mass is 16.6. The maximum absolute atomic E-state index is 13.2. The van der Waals surface area contributed by atoms with E-state index in [0.717, 1.165) is 22.2 Å². The number of aromatic nitrogens is 1. The number of hydrogen-bond acceptors (Lipinski definition) is 6. The standard InChI is InChI=1S/C22H20N2O5/c1-3-22(21(27)28-4-2)14-10-16-18-13(9-12-7-5-6-8-15(12)23-18)11-24(16)19(25)17(14)20(26)29-22/h5-9,16H,3-4,10-11H2,1-2H3. The number of carbonyl (C=O) groups is 3. The van der Waals surface area contributed by atoms with Crippen molar-refractivity contribution < 1.29 is 23.9 Å². The lowest BCUT2D eigenvalue weighted by Crippen LogP contribution is -2.44. The summed E-state index contributed by atoms with van der Waals surface area (Å²) in [6, 6.07) is 9.52. The van der Waals surface area contributed by atoms with Crippen LogP contribution in [0.2, 0.25) is 0 Å². The molecule has 2 aromatic rings. The minimum atomic E-state index is -1.52. The number of cyclic esters (lactones) is 1. The third-order valence-electron chi connectivity index (χ3n) is 6.10. The first-order chi connectivity index (χ1) is 14.0. The molecule has 4 heterocycles. The number of benzene rings is 1. The molecule has 3 aliphatic heterocycles. The van der Waals surface area contributed by atoms with Crippen molar-refractivity contribution in [2.24, 2.45) is 0 Å². The molecular formula is C22H20N2O5. The van der Waals surface area contributed by atoms with E-state index in [-0.39, 0.29) is 24.6 Å². The topological polar surface area (TPSA) is 85.8 Å². The van der Waals surface area contributed by atoms with E-state index < -0.39 is 23.4 Å². The summed E-state index contributed by atoms with van der Waals surface area (Å²) in [5.41, 5.74) is 1.52. The monoisotopic (exact) mass is 392 g/mol. The Bertz CT molecular complexity index is 1120. The Balaban J connectivity index is 1.63. The lowest BCUT2D eigenvalue weighted by atomic mass is 9.82. The molecule has 2 atom stereocenters. The molecule has 0 saturated carbocycles. The molecule has 1 aromatic carbocycles. The molecular weight excluding hydrogens is 372 g/mol. The Morgan fingerprint density at radius 3 is 2.86 bits per heavy atom. The van der Waals surface area contributed by atoms with E-state index in [0.29, 0.717) is 18.5 Å². The van der Waals surface area contributed by atoms with Crippen LogP contribution in [-0.2, 0) is 30.4 Å². The third kappa shape index (κ3) is 2.30. The molecule has 7 heteroatoms. The second kappa shape index (κ2) is 6.14. The summed E-state index contributed by atoms with van der Waals surface area (Å²) in [7, 11) is 0. The minimum absolute atomic E-state index is 0.0199. The van der Waals surface area contributed by atoms with Crippen molar-refractivity contribution in [2.75, 3.05) is 6.61 Å². The fourth-order valence-electron chi connectivity index (χ4n) is 4.71. The van der Waals surface area contributed by atoms with E-state index in [1.165, 1.54) is 0 Å². The molecule has 5 rings (SSSR count). The zero-order chi connectivity index (χ0) is 20.3. The summed E-state index contributed by atoms with van der Waals surface area (Å²) in [6.45, 7) is 4.01. The van der Waals surface area contributed by atoms with Gasteiger partial charge in [-0.25, -0.2) is 9.59 Å². The first kappa shape index (κ1) is 17.8. The molecule has 0 aliphatic carbocycles. The van der Waals surface area contributed by atoms with Crippen LogP contribution < -0.4 is 0 Å². The van der Waals surface area contributed by atoms with Gasteiger partial charge in [-0.2, -0.15) is 0 Å². The van der Waals surface area contributed by atoms with E-state index in [1.807, 2.05) is 30.3 Å². The van der Waals surface area contributed by atoms with Crippen molar-refractivity contribution in [3.63, 3.8) is 0 Å². The Morgan fingerprint density at radius 1 is 1.31 bits per heavy atom. The van der Waals surface area contributed by atoms with E-state index in [9.17, 15) is 14.4 Å². The normalized spacial score (nSPS) is 25.0. The van der Waals surface area contributed by atoms with Gasteiger partial charge in [0.25, 0.3) is 5.91 Å². The molecule has 0 saturated heterocycles. The number of para-hydroxylation sites is 1. The number of pyridine rings is 1. The molecule has 1 amide bonds. The van der Waals surface area contributed by atoms with Crippen LogP contribution in [0.1, 0.15) is 44.0 Å². The zero-order valence-electron chi connectivity index (χ0n) is 16.2. The lowest BCUT2D eigenvalue weighted by molar-refractivity contribution is -0.172. The van der Waals surface area contributed by atoms with Gasteiger partial charge in [0.15, 0.2) is 0 Å². The summed E-state index contributed by atoms with van der Waals surface area (Å²) in [5, 5.41) is 1.01. The number of hydrogen-bond donors (Lipinski definition) is 0. The van der Waals surface area contributed by atoms with Crippen LogP contribution in [0.5, 0.6) is 0 Å². The van der Waals surface area contributed by atoms with E-state index >= 15 is 0 Å². The Kier molecular flexibility index (Phi) is 3.78. The van der Waals surface area contributed by atoms with E-state index in [2.05, 4.69) is 0 Å². The average molecular weight is 392 g/mol. The summed E-state index contributed by atoms with van der Waals surface area (Å²) in [4.78, 5) is 45.0. The van der Waals surface area contributed by atoms with E-state index in [1.54, 1.807) is 18.7 Å². The van der Waals surface area contributed by atoms with Gasteiger partial charge in [0.1, 0.15) is 5.57 Å². The van der Waals surface area contributed by atoms with Crippen LogP contribution in [0.4, 0.5) is 0 Å². The molecule has 0 radical (unpaired) electrons. The lowest BCUT2D eigenvalue weighted by Gasteiger charge is -2.33. The van der Waals surface area contributed by atoms with Gasteiger partial charge in [0.05, 0.1) is 23.9 Å². The molecule has 0 bridgehead atoms. The van der Waals surface area contributed by atoms with Crippen LogP contribution in [0.25, 0.3) is 10.9 Å². The van der Waals surface area contributed by atoms with Gasteiger partial charge in [-0.3, -0.25) is 9.78 Å². The van der Waals surface area contributed by atoms with Crippen molar-refractivity contribution in [2.45, 2.75) is 44.9 Å². The molecule has 2 unspecified atom stereocenters. The van der Waals surface area contributed by atoms with Crippen molar-refractivity contribution in [3.05, 3.63) is 52.7 Å². The second-order valence-corrected chi connectivity index (χ2v) is 7.52. The average Bonchev–Trinajstić information content (AvgIpc) is 3.22. The SMILES string of the molecule is CCOC(=O)C1(CC)OC(=O)C2=C1CC1c3nc4ccccc4cc3CN1C2=O. The predicted molar refractivity (Wildman–Crippen MR) is 102 cm³/mol. The number of rotatable bonds is 3. The van der Waals surface area contributed by atoms with Crippen LogP contribution >= 0.6 is 0 Å². The van der Waals surface area contributed by atoms with Crippen LogP contribution in [0.15, 0.2) is 41.5 Å². The second-order valence-electron chi connectivity index (χ2n) is 7.52. The molecule has 1 aromatic heterocycles. The van der Waals surface area contributed by atoms with Crippen LogP contribution in [0.3, 0.4) is 0 Å². The Labute approximate surface area is 167 Å². The summed E-state index contributed by atoms with van der Waals surface area (Å²) < 4.78 is 10.7. The van der Waals surface area contributed by atoms with Crippen molar-refractivity contribution in [3.8, 4) is 0 Å². The van der Waals surface area contributed by atoms with Gasteiger partial charge >= 0.3 is 11.9 Å². The minimum Gasteiger partial charge on any atom is -0.463 e. The smallest absolute Gasteiger partial charge is 0.355 e. The zero-order valence-corrected chi connectivity index (χ0v) is 16.2. The Morgan fingerprint density at radius 2 is 2.10 bits per heavy atom. The molecule has 3 aliphatic rings. The Hall–Kier alpha value is -3.22. The summed E-state index contributed by atoms with van der Waals surface area (Å²) in [5.74, 6) is -1.76.